The lowest BCUT2D eigenvalue weighted by Crippen LogP contribution is -2.43. The number of halogens is 2. The first-order valence-electron chi connectivity index (χ1n) is 11.7. The summed E-state index contributed by atoms with van der Waals surface area (Å²) in [6.45, 7) is 4.11. The van der Waals surface area contributed by atoms with Crippen LogP contribution in [0.3, 0.4) is 0 Å². The summed E-state index contributed by atoms with van der Waals surface area (Å²) in [6.07, 6.45) is 4.58. The maximum absolute atomic E-state index is 14.7. The summed E-state index contributed by atoms with van der Waals surface area (Å²) in [5.41, 5.74) is 1.44. The smallest absolute Gasteiger partial charge is 0.283 e. The predicted molar refractivity (Wildman–Crippen MR) is 134 cm³/mol. The van der Waals surface area contributed by atoms with Crippen LogP contribution < -0.4 is 15.9 Å². The second-order valence-corrected chi connectivity index (χ2v) is 8.01. The molecule has 2 N–H and O–H groups in total. The molecule has 6 rings (SSSR count). The Kier molecular flexibility index (Phi) is 6.28. The highest BCUT2D eigenvalue weighted by atomic mass is 19.1. The van der Waals surface area contributed by atoms with E-state index < -0.39 is 11.4 Å². The van der Waals surface area contributed by atoms with E-state index in [0.717, 1.165) is 12.8 Å². The summed E-state index contributed by atoms with van der Waals surface area (Å²) in [4.78, 5) is 33.8. The molecule has 11 heteroatoms. The maximum atomic E-state index is 14.7. The van der Waals surface area contributed by atoms with E-state index in [9.17, 15) is 13.6 Å². The molecule has 9 nitrogen and oxygen atoms in total. The first-order chi connectivity index (χ1) is 17.6. The molecule has 184 valence electrons. The van der Waals surface area contributed by atoms with Crippen LogP contribution in [0, 0.1) is 11.6 Å². The highest BCUT2D eigenvalue weighted by molar-refractivity contribution is 5.82. The number of H-pyrrole nitrogens is 1. The normalized spacial score (nSPS) is 12.9. The van der Waals surface area contributed by atoms with Crippen LogP contribution in [0.4, 0.5) is 20.3 Å². The van der Waals surface area contributed by atoms with Gasteiger partial charge in [0, 0.05) is 0 Å². The highest BCUT2D eigenvalue weighted by Gasteiger charge is 2.33. The minimum Gasteiger partial charge on any atom is -0.361 e. The quantitative estimate of drug-likeness (QED) is 0.363. The summed E-state index contributed by atoms with van der Waals surface area (Å²) < 4.78 is 29.7. The highest BCUT2D eigenvalue weighted by Crippen LogP contribution is 2.32. The van der Waals surface area contributed by atoms with Crippen molar-refractivity contribution < 1.29 is 8.78 Å². The first-order valence-corrected chi connectivity index (χ1v) is 11.7. The predicted octanol–water partition coefficient (Wildman–Crippen LogP) is 4.41. The van der Waals surface area contributed by atoms with Gasteiger partial charge in [-0.2, -0.15) is 4.68 Å². The molecule has 0 amide bonds. The van der Waals surface area contributed by atoms with E-state index >= 15 is 0 Å². The van der Waals surface area contributed by atoms with Gasteiger partial charge in [-0.25, -0.2) is 28.7 Å². The standard InChI is InChI=1S/C23H18F2N8O.C2H6/c24-13-4-6-14(7-5-13)32(15-8-9-15)33-18(31-17-3-1-2-16(25)19(17)23(33)34)10-26-21-20-22(28-11-27-20)30-12-29-21;1-2/h1-7,11-12,15H,8-10H2,(H2,26,27,28,29,30);1-2H3. The Bertz CT molecular complexity index is 1580. The number of fused-ring (bicyclic) bond motifs is 2. The van der Waals surface area contributed by atoms with Crippen LogP contribution in [0.1, 0.15) is 32.5 Å². The van der Waals surface area contributed by atoms with E-state index in [1.54, 1.807) is 23.2 Å². The van der Waals surface area contributed by atoms with Gasteiger partial charge in [-0.3, -0.25) is 9.80 Å². The third kappa shape index (κ3) is 4.23. The summed E-state index contributed by atoms with van der Waals surface area (Å²) in [5, 5.41) is 4.85. The van der Waals surface area contributed by atoms with Gasteiger partial charge in [0.15, 0.2) is 17.3 Å². The summed E-state index contributed by atoms with van der Waals surface area (Å²) in [7, 11) is 0. The van der Waals surface area contributed by atoms with Gasteiger partial charge in [0.05, 0.1) is 30.1 Å². The zero-order valence-corrected chi connectivity index (χ0v) is 19.7. The molecule has 0 saturated heterocycles. The van der Waals surface area contributed by atoms with Gasteiger partial charge in [0.1, 0.15) is 28.9 Å². The van der Waals surface area contributed by atoms with Gasteiger partial charge in [-0.1, -0.05) is 19.9 Å². The molecule has 3 aromatic heterocycles. The van der Waals surface area contributed by atoms with Crippen LogP contribution in [-0.2, 0) is 6.54 Å². The van der Waals surface area contributed by atoms with Crippen molar-refractivity contribution in [3.8, 4) is 0 Å². The molecule has 1 saturated carbocycles. The van der Waals surface area contributed by atoms with Crippen LogP contribution in [0.2, 0.25) is 0 Å². The molecule has 1 aliphatic rings. The second-order valence-electron chi connectivity index (χ2n) is 8.01. The van der Waals surface area contributed by atoms with Gasteiger partial charge < -0.3 is 10.3 Å². The zero-order valence-electron chi connectivity index (χ0n) is 19.7. The Hall–Kier alpha value is -4.41. The second kappa shape index (κ2) is 9.68. The Balaban J connectivity index is 0.00000130. The van der Waals surface area contributed by atoms with E-state index in [4.69, 9.17) is 0 Å². The van der Waals surface area contributed by atoms with Crippen molar-refractivity contribution in [2.75, 3.05) is 10.3 Å². The van der Waals surface area contributed by atoms with E-state index in [1.165, 1.54) is 41.6 Å². The molecular weight excluding hydrogens is 466 g/mol. The van der Waals surface area contributed by atoms with Crippen molar-refractivity contribution >= 4 is 33.6 Å². The molecule has 1 fully saturated rings. The monoisotopic (exact) mass is 490 g/mol. The van der Waals surface area contributed by atoms with Crippen molar-refractivity contribution in [1.82, 2.24) is 29.6 Å². The molecule has 5 aromatic rings. The number of nitrogens with zero attached hydrogens (tertiary/aromatic N) is 6. The molecule has 1 aliphatic carbocycles. The lowest BCUT2D eigenvalue weighted by Gasteiger charge is -2.29. The van der Waals surface area contributed by atoms with E-state index in [1.807, 2.05) is 13.8 Å². The molecular formula is C25H24F2N8O. The zero-order chi connectivity index (χ0) is 25.2. The fourth-order valence-electron chi connectivity index (χ4n) is 4.03. The van der Waals surface area contributed by atoms with Crippen LogP contribution in [0.5, 0.6) is 0 Å². The lowest BCUT2D eigenvalue weighted by molar-refractivity contribution is 0.601. The fraction of sp³-hybridized carbons (Fsp3) is 0.240. The molecule has 2 aromatic carbocycles. The minimum absolute atomic E-state index is 0.00583. The average molecular weight is 491 g/mol. The fourth-order valence-corrected chi connectivity index (χ4v) is 4.03. The maximum Gasteiger partial charge on any atom is 0.283 e. The van der Waals surface area contributed by atoms with Crippen LogP contribution in [0.15, 0.2) is 59.9 Å². The SMILES string of the molecule is CC.O=c1c2c(F)cccc2nc(CNc2ncnc3nc[nH]c23)n1N(c1ccc(F)cc1)C1CC1. The lowest BCUT2D eigenvalue weighted by atomic mass is 10.2. The first kappa shape index (κ1) is 23.3. The van der Waals surface area contributed by atoms with Crippen LogP contribution in [-0.4, -0.2) is 35.6 Å². The van der Waals surface area contributed by atoms with Crippen molar-refractivity contribution in [2.24, 2.45) is 0 Å². The largest absolute Gasteiger partial charge is 0.361 e. The van der Waals surface area contributed by atoms with Crippen molar-refractivity contribution in [3.05, 3.63) is 82.9 Å². The number of hydrogen-bond donors (Lipinski definition) is 2. The molecule has 0 aliphatic heterocycles. The van der Waals surface area contributed by atoms with Gasteiger partial charge in [-0.15, -0.1) is 0 Å². The van der Waals surface area contributed by atoms with Gasteiger partial charge in [-0.05, 0) is 49.2 Å². The Morgan fingerprint density at radius 2 is 1.86 bits per heavy atom. The Morgan fingerprint density at radius 3 is 2.61 bits per heavy atom. The summed E-state index contributed by atoms with van der Waals surface area (Å²) >= 11 is 0. The van der Waals surface area contributed by atoms with E-state index in [0.29, 0.717) is 28.5 Å². The number of benzene rings is 2. The van der Waals surface area contributed by atoms with Gasteiger partial charge >= 0.3 is 0 Å². The van der Waals surface area contributed by atoms with Gasteiger partial charge in [0.25, 0.3) is 5.56 Å². The Labute approximate surface area is 204 Å². The van der Waals surface area contributed by atoms with E-state index in [2.05, 4.69) is 30.2 Å². The molecule has 0 atom stereocenters. The van der Waals surface area contributed by atoms with E-state index in [-0.39, 0.29) is 29.3 Å². The minimum atomic E-state index is -0.645. The summed E-state index contributed by atoms with van der Waals surface area (Å²) in [6, 6.07) is 10.2. The molecule has 0 radical (unpaired) electrons. The number of aromatic amines is 1. The third-order valence-corrected chi connectivity index (χ3v) is 5.73. The van der Waals surface area contributed by atoms with Crippen molar-refractivity contribution in [1.29, 1.82) is 0 Å². The number of nitrogens with one attached hydrogen (secondary N) is 2. The van der Waals surface area contributed by atoms with Crippen LogP contribution >= 0.6 is 0 Å². The average Bonchev–Trinajstić information content (AvgIpc) is 3.61. The number of hydrogen-bond acceptors (Lipinski definition) is 7. The summed E-state index contributed by atoms with van der Waals surface area (Å²) in [5.74, 6) is -0.190. The molecule has 0 spiro atoms. The number of anilines is 2. The molecule has 0 bridgehead atoms. The number of rotatable bonds is 6. The molecule has 0 unspecified atom stereocenters. The molecule has 36 heavy (non-hydrogen) atoms. The van der Waals surface area contributed by atoms with Crippen molar-refractivity contribution in [2.45, 2.75) is 39.3 Å². The van der Waals surface area contributed by atoms with Crippen LogP contribution in [0.25, 0.3) is 22.1 Å². The third-order valence-electron chi connectivity index (χ3n) is 5.73. The van der Waals surface area contributed by atoms with Gasteiger partial charge in [0.2, 0.25) is 0 Å². The Morgan fingerprint density at radius 1 is 1.08 bits per heavy atom. The number of imidazole rings is 1. The van der Waals surface area contributed by atoms with Crippen molar-refractivity contribution in [3.63, 3.8) is 0 Å². The molecule has 3 heterocycles. The number of aromatic nitrogens is 6. The topological polar surface area (TPSA) is 105 Å².